The van der Waals surface area contributed by atoms with Crippen molar-refractivity contribution in [2.24, 2.45) is 5.92 Å². The number of urea groups is 1. The Morgan fingerprint density at radius 1 is 1.22 bits per heavy atom. The fourth-order valence-electron chi connectivity index (χ4n) is 3.17. The van der Waals surface area contributed by atoms with Crippen LogP contribution in [0.5, 0.6) is 0 Å². The van der Waals surface area contributed by atoms with Gasteiger partial charge in [0.15, 0.2) is 0 Å². The molecule has 1 aromatic carbocycles. The molecule has 6 heteroatoms. The maximum absolute atomic E-state index is 12.0. The number of likely N-dealkylation sites (tertiary alicyclic amines) is 1. The van der Waals surface area contributed by atoms with Gasteiger partial charge in [0.25, 0.3) is 0 Å². The van der Waals surface area contributed by atoms with Crippen molar-refractivity contribution in [2.75, 3.05) is 26.2 Å². The van der Waals surface area contributed by atoms with Crippen LogP contribution in [-0.2, 0) is 11.3 Å². The van der Waals surface area contributed by atoms with E-state index < -0.39 is 6.04 Å². The third-order valence-electron chi connectivity index (χ3n) is 4.61. The van der Waals surface area contributed by atoms with Crippen LogP contribution in [0, 0.1) is 5.92 Å². The lowest BCUT2D eigenvalue weighted by Crippen LogP contribution is -2.45. The van der Waals surface area contributed by atoms with E-state index in [2.05, 4.69) is 45.1 Å². The minimum Gasteiger partial charge on any atom is -0.354 e. The summed E-state index contributed by atoms with van der Waals surface area (Å²) in [6, 6.07) is 9.83. The van der Waals surface area contributed by atoms with Crippen molar-refractivity contribution >= 4 is 11.9 Å². The second-order valence-electron chi connectivity index (χ2n) is 6.36. The number of carbonyl (C=O) groups excluding carboxylic acids is 2. The third-order valence-corrected chi connectivity index (χ3v) is 4.61. The van der Waals surface area contributed by atoms with Gasteiger partial charge in [-0.15, -0.1) is 0 Å². The van der Waals surface area contributed by atoms with Crippen LogP contribution in [0.2, 0.25) is 0 Å². The molecule has 1 atom stereocenters. The predicted molar refractivity (Wildman–Crippen MR) is 87.8 cm³/mol. The van der Waals surface area contributed by atoms with Gasteiger partial charge in [0.1, 0.15) is 6.04 Å². The number of piperidine rings is 1. The van der Waals surface area contributed by atoms with Crippen LogP contribution in [0.4, 0.5) is 4.79 Å². The molecule has 6 nitrogen and oxygen atoms in total. The van der Waals surface area contributed by atoms with Crippen LogP contribution in [0.1, 0.15) is 18.4 Å². The standard InChI is InChI=1S/C17H24N4O2/c22-16(15-11-19-17(23)20-15)18-10-13-6-8-21(9-7-13)12-14-4-2-1-3-5-14/h1-5,13,15H,6-12H2,(H,18,22)(H2,19,20,23). The number of amides is 3. The van der Waals surface area contributed by atoms with Crippen molar-refractivity contribution in [1.82, 2.24) is 20.9 Å². The van der Waals surface area contributed by atoms with Crippen LogP contribution >= 0.6 is 0 Å². The van der Waals surface area contributed by atoms with Gasteiger partial charge in [-0.25, -0.2) is 4.79 Å². The minimum atomic E-state index is -0.430. The number of benzene rings is 1. The van der Waals surface area contributed by atoms with E-state index in [1.807, 2.05) is 6.07 Å². The molecule has 3 amide bonds. The Morgan fingerprint density at radius 2 is 1.96 bits per heavy atom. The Bertz CT molecular complexity index is 541. The average Bonchev–Trinajstić information content (AvgIpc) is 3.01. The Morgan fingerprint density at radius 3 is 2.61 bits per heavy atom. The molecule has 3 N–H and O–H groups in total. The summed E-state index contributed by atoms with van der Waals surface area (Å²) >= 11 is 0. The summed E-state index contributed by atoms with van der Waals surface area (Å²) in [7, 11) is 0. The first-order chi connectivity index (χ1) is 11.2. The van der Waals surface area contributed by atoms with Gasteiger partial charge in [-0.3, -0.25) is 9.69 Å². The molecule has 124 valence electrons. The van der Waals surface area contributed by atoms with Gasteiger partial charge >= 0.3 is 6.03 Å². The van der Waals surface area contributed by atoms with E-state index in [0.717, 1.165) is 32.5 Å². The summed E-state index contributed by atoms with van der Waals surface area (Å²) in [5.41, 5.74) is 1.35. The van der Waals surface area contributed by atoms with Gasteiger partial charge in [-0.1, -0.05) is 30.3 Å². The zero-order chi connectivity index (χ0) is 16.1. The van der Waals surface area contributed by atoms with Crippen LogP contribution in [0.25, 0.3) is 0 Å². The van der Waals surface area contributed by atoms with Gasteiger partial charge < -0.3 is 16.0 Å². The van der Waals surface area contributed by atoms with Crippen LogP contribution < -0.4 is 16.0 Å². The molecule has 2 aliphatic heterocycles. The molecule has 0 radical (unpaired) electrons. The van der Waals surface area contributed by atoms with E-state index >= 15 is 0 Å². The number of hydrogen-bond acceptors (Lipinski definition) is 3. The number of nitrogens with zero attached hydrogens (tertiary/aromatic N) is 1. The molecular weight excluding hydrogens is 292 g/mol. The molecule has 1 unspecified atom stereocenters. The lowest BCUT2D eigenvalue weighted by Gasteiger charge is -2.32. The smallest absolute Gasteiger partial charge is 0.315 e. The molecule has 23 heavy (non-hydrogen) atoms. The maximum Gasteiger partial charge on any atom is 0.315 e. The highest BCUT2D eigenvalue weighted by Crippen LogP contribution is 2.18. The largest absolute Gasteiger partial charge is 0.354 e. The molecule has 2 saturated heterocycles. The molecule has 2 aliphatic rings. The second kappa shape index (κ2) is 7.46. The third kappa shape index (κ3) is 4.45. The zero-order valence-corrected chi connectivity index (χ0v) is 13.3. The maximum atomic E-state index is 12.0. The highest BCUT2D eigenvalue weighted by molar-refractivity contribution is 5.90. The average molecular weight is 316 g/mol. The molecule has 0 bridgehead atoms. The first-order valence-electron chi connectivity index (χ1n) is 8.29. The van der Waals surface area contributed by atoms with Gasteiger partial charge in [0.2, 0.25) is 5.91 Å². The Hall–Kier alpha value is -2.08. The second-order valence-corrected chi connectivity index (χ2v) is 6.36. The summed E-state index contributed by atoms with van der Waals surface area (Å²) in [5, 5.41) is 8.17. The van der Waals surface area contributed by atoms with Crippen molar-refractivity contribution in [1.29, 1.82) is 0 Å². The van der Waals surface area contributed by atoms with E-state index in [0.29, 0.717) is 19.0 Å². The Kier molecular flexibility index (Phi) is 5.12. The van der Waals surface area contributed by atoms with E-state index in [1.54, 1.807) is 0 Å². The Balaban J connectivity index is 1.36. The van der Waals surface area contributed by atoms with E-state index in [1.165, 1.54) is 5.56 Å². The first kappa shape index (κ1) is 15.8. The quantitative estimate of drug-likeness (QED) is 0.748. The van der Waals surface area contributed by atoms with Crippen LogP contribution in [0.3, 0.4) is 0 Å². The highest BCUT2D eigenvalue weighted by Gasteiger charge is 2.27. The first-order valence-corrected chi connectivity index (χ1v) is 8.29. The highest BCUT2D eigenvalue weighted by atomic mass is 16.2. The van der Waals surface area contributed by atoms with Crippen molar-refractivity contribution in [3.8, 4) is 0 Å². The van der Waals surface area contributed by atoms with E-state index in [-0.39, 0.29) is 11.9 Å². The van der Waals surface area contributed by atoms with Crippen molar-refractivity contribution < 1.29 is 9.59 Å². The molecule has 0 saturated carbocycles. The molecule has 1 aromatic rings. The number of nitrogens with one attached hydrogen (secondary N) is 3. The van der Waals surface area contributed by atoms with Crippen LogP contribution in [0.15, 0.2) is 30.3 Å². The number of carbonyl (C=O) groups is 2. The predicted octanol–water partition coefficient (Wildman–Crippen LogP) is 0.696. The van der Waals surface area contributed by atoms with E-state index in [9.17, 15) is 9.59 Å². The summed E-state index contributed by atoms with van der Waals surface area (Å²) in [4.78, 5) is 25.5. The molecule has 3 rings (SSSR count). The number of rotatable bonds is 5. The van der Waals surface area contributed by atoms with Crippen molar-refractivity contribution in [3.05, 3.63) is 35.9 Å². The monoisotopic (exact) mass is 316 g/mol. The van der Waals surface area contributed by atoms with Gasteiger partial charge in [0.05, 0.1) is 0 Å². The van der Waals surface area contributed by atoms with Crippen molar-refractivity contribution in [2.45, 2.75) is 25.4 Å². The minimum absolute atomic E-state index is 0.0879. The molecule has 2 heterocycles. The number of hydrogen-bond donors (Lipinski definition) is 3. The molecule has 0 spiro atoms. The summed E-state index contributed by atoms with van der Waals surface area (Å²) in [6.07, 6.45) is 2.20. The molecule has 2 fully saturated rings. The van der Waals surface area contributed by atoms with Gasteiger partial charge in [0, 0.05) is 19.6 Å². The SMILES string of the molecule is O=C1NCC(C(=O)NCC2CCN(Cc3ccccc3)CC2)N1. The van der Waals surface area contributed by atoms with E-state index in [4.69, 9.17) is 0 Å². The normalized spacial score (nSPS) is 22.4. The summed E-state index contributed by atoms with van der Waals surface area (Å²) in [5.74, 6) is 0.436. The Labute approximate surface area is 136 Å². The fraction of sp³-hybridized carbons (Fsp3) is 0.529. The zero-order valence-electron chi connectivity index (χ0n) is 13.3. The van der Waals surface area contributed by atoms with Gasteiger partial charge in [-0.05, 0) is 37.4 Å². The summed E-state index contributed by atoms with van der Waals surface area (Å²) in [6.45, 7) is 4.21. The summed E-state index contributed by atoms with van der Waals surface area (Å²) < 4.78 is 0. The van der Waals surface area contributed by atoms with Crippen LogP contribution in [-0.4, -0.2) is 49.1 Å². The lowest BCUT2D eigenvalue weighted by molar-refractivity contribution is -0.122. The van der Waals surface area contributed by atoms with Gasteiger partial charge in [-0.2, -0.15) is 0 Å². The molecule has 0 aromatic heterocycles. The molecule has 0 aliphatic carbocycles. The fourth-order valence-corrected chi connectivity index (χ4v) is 3.17. The van der Waals surface area contributed by atoms with Crippen molar-refractivity contribution in [3.63, 3.8) is 0 Å². The molecular formula is C17H24N4O2. The lowest BCUT2D eigenvalue weighted by atomic mass is 9.96. The topological polar surface area (TPSA) is 73.5 Å².